The number of benzene rings is 1. The van der Waals surface area contributed by atoms with Gasteiger partial charge in [-0.05, 0) is 37.1 Å². The molecule has 2 aliphatic heterocycles. The molecule has 0 N–H and O–H groups in total. The van der Waals surface area contributed by atoms with Crippen molar-refractivity contribution in [3.8, 4) is 0 Å². The Morgan fingerprint density at radius 1 is 0.958 bits per heavy atom. The van der Waals surface area contributed by atoms with Crippen LogP contribution in [0.15, 0.2) is 24.3 Å². The van der Waals surface area contributed by atoms with E-state index in [1.807, 2.05) is 12.1 Å². The normalized spacial score (nSPS) is 27.7. The minimum absolute atomic E-state index is 0.156. The second-order valence-corrected chi connectivity index (χ2v) is 6.91. The highest BCUT2D eigenvalue weighted by molar-refractivity contribution is 5.95. The van der Waals surface area contributed by atoms with Crippen LogP contribution in [0.4, 0.5) is 5.69 Å². The predicted octanol–water partition coefficient (Wildman–Crippen LogP) is 2.31. The third-order valence-electron chi connectivity index (χ3n) is 5.48. The number of ether oxygens (including phenoxy) is 2. The number of carbonyl (C=O) groups excluding carboxylic acids is 1. The van der Waals surface area contributed by atoms with E-state index in [1.165, 1.54) is 18.5 Å². The Bertz CT molecular complexity index is 566. The van der Waals surface area contributed by atoms with Gasteiger partial charge in [0.05, 0.1) is 32.0 Å². The van der Waals surface area contributed by atoms with Crippen LogP contribution in [-0.4, -0.2) is 62.4 Å². The average molecular weight is 330 g/mol. The van der Waals surface area contributed by atoms with Gasteiger partial charge in [0.15, 0.2) is 0 Å². The molecule has 130 valence electrons. The zero-order valence-corrected chi connectivity index (χ0v) is 14.2. The molecule has 2 heterocycles. The quantitative estimate of drug-likeness (QED) is 0.834. The fourth-order valence-corrected chi connectivity index (χ4v) is 4.15. The van der Waals surface area contributed by atoms with E-state index in [1.54, 1.807) is 0 Å². The number of morpholine rings is 2. The van der Waals surface area contributed by atoms with E-state index < -0.39 is 0 Å². The molecule has 5 nitrogen and oxygen atoms in total. The average Bonchev–Trinajstić information content (AvgIpc) is 2.68. The Morgan fingerprint density at radius 3 is 2.50 bits per heavy atom. The minimum Gasteiger partial charge on any atom is -0.378 e. The first-order valence-electron chi connectivity index (χ1n) is 9.18. The first kappa shape index (κ1) is 15.9. The van der Waals surface area contributed by atoms with Crippen LogP contribution in [-0.2, 0) is 9.47 Å². The van der Waals surface area contributed by atoms with Crippen molar-refractivity contribution in [1.29, 1.82) is 0 Å². The van der Waals surface area contributed by atoms with Crippen LogP contribution in [0.2, 0.25) is 0 Å². The SMILES string of the molecule is O=C(c1ccc(N2CCOCC2)cc1)N1CCOC2CCCCC21. The zero-order chi connectivity index (χ0) is 16.4. The van der Waals surface area contributed by atoms with Gasteiger partial charge in [-0.2, -0.15) is 0 Å². The first-order chi connectivity index (χ1) is 11.8. The molecule has 5 heteroatoms. The molecule has 2 saturated heterocycles. The van der Waals surface area contributed by atoms with Crippen molar-refractivity contribution < 1.29 is 14.3 Å². The lowest BCUT2D eigenvalue weighted by molar-refractivity contribution is -0.0752. The summed E-state index contributed by atoms with van der Waals surface area (Å²) in [5, 5.41) is 0. The molecule has 1 aromatic carbocycles. The number of anilines is 1. The largest absolute Gasteiger partial charge is 0.378 e. The highest BCUT2D eigenvalue weighted by Gasteiger charge is 2.36. The van der Waals surface area contributed by atoms with Crippen molar-refractivity contribution in [2.45, 2.75) is 37.8 Å². The lowest BCUT2D eigenvalue weighted by atomic mass is 9.89. The number of fused-ring (bicyclic) bond motifs is 1. The lowest BCUT2D eigenvalue weighted by Gasteiger charge is -2.43. The van der Waals surface area contributed by atoms with Gasteiger partial charge in [0, 0.05) is 30.9 Å². The maximum Gasteiger partial charge on any atom is 0.254 e. The molecule has 0 aromatic heterocycles. The summed E-state index contributed by atoms with van der Waals surface area (Å²) >= 11 is 0. The monoisotopic (exact) mass is 330 g/mol. The fourth-order valence-electron chi connectivity index (χ4n) is 4.15. The summed E-state index contributed by atoms with van der Waals surface area (Å²) in [6.07, 6.45) is 4.82. The van der Waals surface area contributed by atoms with Gasteiger partial charge in [-0.15, -0.1) is 0 Å². The van der Waals surface area contributed by atoms with Crippen molar-refractivity contribution in [2.75, 3.05) is 44.4 Å². The van der Waals surface area contributed by atoms with Crippen LogP contribution in [0.3, 0.4) is 0 Å². The third-order valence-corrected chi connectivity index (χ3v) is 5.48. The Balaban J connectivity index is 1.47. The maximum absolute atomic E-state index is 13.0. The summed E-state index contributed by atoms with van der Waals surface area (Å²) < 4.78 is 11.3. The molecule has 2 atom stereocenters. The van der Waals surface area contributed by atoms with Crippen LogP contribution in [0, 0.1) is 0 Å². The molecule has 0 bridgehead atoms. The molecule has 1 aromatic rings. The summed E-state index contributed by atoms with van der Waals surface area (Å²) in [6.45, 7) is 4.76. The molecule has 3 fully saturated rings. The van der Waals surface area contributed by atoms with Crippen molar-refractivity contribution in [1.82, 2.24) is 4.90 Å². The van der Waals surface area contributed by atoms with Gasteiger partial charge in [0.2, 0.25) is 0 Å². The van der Waals surface area contributed by atoms with Gasteiger partial charge >= 0.3 is 0 Å². The van der Waals surface area contributed by atoms with Gasteiger partial charge in [-0.3, -0.25) is 4.79 Å². The number of nitrogens with zero attached hydrogens (tertiary/aromatic N) is 2. The van der Waals surface area contributed by atoms with Crippen LogP contribution < -0.4 is 4.90 Å². The van der Waals surface area contributed by atoms with Crippen LogP contribution in [0.1, 0.15) is 36.0 Å². The van der Waals surface area contributed by atoms with Gasteiger partial charge in [0.1, 0.15) is 0 Å². The van der Waals surface area contributed by atoms with Crippen LogP contribution >= 0.6 is 0 Å². The van der Waals surface area contributed by atoms with Crippen molar-refractivity contribution >= 4 is 11.6 Å². The highest BCUT2D eigenvalue weighted by atomic mass is 16.5. The summed E-state index contributed by atoms with van der Waals surface area (Å²) in [5.41, 5.74) is 1.96. The van der Waals surface area contributed by atoms with Crippen LogP contribution in [0.5, 0.6) is 0 Å². The van der Waals surface area contributed by atoms with Crippen LogP contribution in [0.25, 0.3) is 0 Å². The van der Waals surface area contributed by atoms with E-state index >= 15 is 0 Å². The Labute approximate surface area is 143 Å². The standard InChI is InChI=1S/C19H26N2O3/c22-19(21-11-14-24-18-4-2-1-3-17(18)21)15-5-7-16(8-6-15)20-9-12-23-13-10-20/h5-8,17-18H,1-4,9-14H2. The van der Waals surface area contributed by atoms with E-state index in [0.717, 1.165) is 44.7 Å². The van der Waals surface area contributed by atoms with Gasteiger partial charge in [-0.1, -0.05) is 12.8 Å². The number of hydrogen-bond donors (Lipinski definition) is 0. The third kappa shape index (κ3) is 3.15. The van der Waals surface area contributed by atoms with Gasteiger partial charge in [0.25, 0.3) is 5.91 Å². The molecule has 2 unspecified atom stereocenters. The van der Waals surface area contributed by atoms with E-state index in [9.17, 15) is 4.79 Å². The number of rotatable bonds is 2. The molecule has 1 amide bonds. The Hall–Kier alpha value is -1.59. The smallest absolute Gasteiger partial charge is 0.254 e. The predicted molar refractivity (Wildman–Crippen MR) is 92.5 cm³/mol. The maximum atomic E-state index is 13.0. The number of hydrogen-bond acceptors (Lipinski definition) is 4. The summed E-state index contributed by atoms with van der Waals surface area (Å²) in [5.74, 6) is 0.156. The van der Waals surface area contributed by atoms with E-state index in [4.69, 9.17) is 9.47 Å². The molecular formula is C19H26N2O3. The first-order valence-corrected chi connectivity index (χ1v) is 9.18. The second kappa shape index (κ2) is 7.11. The molecule has 1 saturated carbocycles. The molecule has 24 heavy (non-hydrogen) atoms. The van der Waals surface area contributed by atoms with Gasteiger partial charge < -0.3 is 19.3 Å². The second-order valence-electron chi connectivity index (χ2n) is 6.91. The Kier molecular flexibility index (Phi) is 4.72. The van der Waals surface area contributed by atoms with Crippen molar-refractivity contribution in [2.24, 2.45) is 0 Å². The number of carbonyl (C=O) groups is 1. The summed E-state index contributed by atoms with van der Waals surface area (Å²) in [6, 6.07) is 8.34. The highest BCUT2D eigenvalue weighted by Crippen LogP contribution is 2.29. The van der Waals surface area contributed by atoms with E-state index in [2.05, 4.69) is 21.9 Å². The zero-order valence-electron chi connectivity index (χ0n) is 14.2. The minimum atomic E-state index is 0.156. The number of amides is 1. The van der Waals surface area contributed by atoms with Gasteiger partial charge in [-0.25, -0.2) is 0 Å². The molecule has 0 radical (unpaired) electrons. The summed E-state index contributed by atoms with van der Waals surface area (Å²) in [7, 11) is 0. The molecule has 4 rings (SSSR count). The van der Waals surface area contributed by atoms with Crippen molar-refractivity contribution in [3.63, 3.8) is 0 Å². The van der Waals surface area contributed by atoms with Crippen molar-refractivity contribution in [3.05, 3.63) is 29.8 Å². The summed E-state index contributed by atoms with van der Waals surface area (Å²) in [4.78, 5) is 17.3. The molecular weight excluding hydrogens is 304 g/mol. The lowest BCUT2D eigenvalue weighted by Crippen LogP contribution is -2.54. The Morgan fingerprint density at radius 2 is 1.71 bits per heavy atom. The van der Waals surface area contributed by atoms with E-state index in [0.29, 0.717) is 13.2 Å². The molecule has 1 aliphatic carbocycles. The fraction of sp³-hybridized carbons (Fsp3) is 0.632. The topological polar surface area (TPSA) is 42.0 Å². The molecule has 3 aliphatic rings. The van der Waals surface area contributed by atoms with E-state index in [-0.39, 0.29) is 18.1 Å². The molecule has 0 spiro atoms.